The Morgan fingerprint density at radius 3 is 2.79 bits per heavy atom. The van der Waals surface area contributed by atoms with Gasteiger partial charge in [-0.1, -0.05) is 24.3 Å². The Bertz CT molecular complexity index is 710. The summed E-state index contributed by atoms with van der Waals surface area (Å²) in [7, 11) is 0. The van der Waals surface area contributed by atoms with Crippen LogP contribution in [0.3, 0.4) is 0 Å². The molecule has 0 amide bonds. The average Bonchev–Trinajstić information content (AvgIpc) is 2.85. The number of rotatable bonds is 3. The third kappa shape index (κ3) is 2.71. The van der Waals surface area contributed by atoms with Crippen LogP contribution < -0.4 is 0 Å². The van der Waals surface area contributed by atoms with Gasteiger partial charge in [0.2, 0.25) is 0 Å². The number of pyridine rings is 1. The molecule has 0 spiro atoms. The van der Waals surface area contributed by atoms with E-state index in [4.69, 9.17) is 0 Å². The average molecular weight is 334 g/mol. The van der Waals surface area contributed by atoms with Gasteiger partial charge in [0.25, 0.3) is 0 Å². The lowest BCUT2D eigenvalue weighted by Gasteiger charge is -2.09. The van der Waals surface area contributed by atoms with Crippen LogP contribution in [0.15, 0.2) is 52.3 Å². The molecule has 1 N–H and O–H groups in total. The van der Waals surface area contributed by atoms with Crippen molar-refractivity contribution in [3.8, 4) is 0 Å². The second-order valence-corrected chi connectivity index (χ2v) is 6.15. The van der Waals surface area contributed by atoms with Crippen LogP contribution in [0, 0.1) is 0 Å². The van der Waals surface area contributed by atoms with Crippen LogP contribution in [0.2, 0.25) is 0 Å². The van der Waals surface area contributed by atoms with Gasteiger partial charge >= 0.3 is 0 Å². The number of thiophene rings is 1. The van der Waals surface area contributed by atoms with E-state index in [0.29, 0.717) is 6.42 Å². The number of hydrogen-bond acceptors (Lipinski definition) is 3. The normalized spacial score (nSPS) is 12.7. The number of nitrogens with zero attached hydrogens (tertiary/aromatic N) is 1. The quantitative estimate of drug-likeness (QED) is 0.773. The Morgan fingerprint density at radius 2 is 2.00 bits per heavy atom. The zero-order chi connectivity index (χ0) is 13.2. The number of para-hydroxylation sites is 1. The number of aliphatic hydroxyl groups excluding tert-OH is 1. The predicted molar refractivity (Wildman–Crippen MR) is 82.4 cm³/mol. The fourth-order valence-electron chi connectivity index (χ4n) is 2.06. The summed E-state index contributed by atoms with van der Waals surface area (Å²) in [6.45, 7) is 0. The third-order valence-corrected chi connectivity index (χ3v) is 4.98. The van der Waals surface area contributed by atoms with Crippen molar-refractivity contribution in [1.29, 1.82) is 0 Å². The molecule has 3 rings (SSSR count). The fraction of sp³-hybridized carbons (Fsp3) is 0.133. The second-order valence-electron chi connectivity index (χ2n) is 4.35. The number of aliphatic hydroxyl groups is 1. The fourth-order valence-corrected chi connectivity index (χ4v) is 3.68. The van der Waals surface area contributed by atoms with E-state index in [1.807, 2.05) is 47.8 Å². The van der Waals surface area contributed by atoms with E-state index in [1.54, 1.807) is 11.3 Å². The van der Waals surface area contributed by atoms with Crippen molar-refractivity contribution < 1.29 is 5.11 Å². The number of benzene rings is 1. The first-order valence-corrected chi connectivity index (χ1v) is 7.67. The molecule has 4 heteroatoms. The van der Waals surface area contributed by atoms with Crippen LogP contribution >= 0.6 is 27.3 Å². The molecule has 0 saturated heterocycles. The molecule has 0 radical (unpaired) electrons. The molecule has 2 nitrogen and oxygen atoms in total. The molecule has 1 unspecified atom stereocenters. The van der Waals surface area contributed by atoms with E-state index in [9.17, 15) is 5.11 Å². The maximum atomic E-state index is 10.3. The largest absolute Gasteiger partial charge is 0.387 e. The number of aromatic nitrogens is 1. The van der Waals surface area contributed by atoms with Gasteiger partial charge in [0.1, 0.15) is 0 Å². The molecule has 2 heterocycles. The summed E-state index contributed by atoms with van der Waals surface area (Å²) in [5.74, 6) is 0. The summed E-state index contributed by atoms with van der Waals surface area (Å²) in [6.07, 6.45) is 0.0206. The van der Waals surface area contributed by atoms with Gasteiger partial charge in [0, 0.05) is 26.9 Å². The smallest absolute Gasteiger partial charge is 0.0948 e. The minimum atomic E-state index is -0.511. The van der Waals surface area contributed by atoms with Crippen molar-refractivity contribution >= 4 is 38.2 Å². The second kappa shape index (κ2) is 5.41. The van der Waals surface area contributed by atoms with Crippen molar-refractivity contribution in [2.24, 2.45) is 0 Å². The zero-order valence-electron chi connectivity index (χ0n) is 10.1. The highest BCUT2D eigenvalue weighted by molar-refractivity contribution is 9.10. The van der Waals surface area contributed by atoms with Crippen LogP contribution in [0.5, 0.6) is 0 Å². The molecule has 0 bridgehead atoms. The van der Waals surface area contributed by atoms with Crippen molar-refractivity contribution in [1.82, 2.24) is 4.98 Å². The molecule has 1 atom stereocenters. The highest BCUT2D eigenvalue weighted by atomic mass is 79.9. The molecule has 96 valence electrons. The predicted octanol–water partition coefficient (Wildman–Crippen LogP) is 4.33. The van der Waals surface area contributed by atoms with Crippen LogP contribution in [0.4, 0.5) is 0 Å². The van der Waals surface area contributed by atoms with Gasteiger partial charge in [-0.05, 0) is 39.5 Å². The number of fused-ring (bicyclic) bond motifs is 1. The van der Waals surface area contributed by atoms with E-state index >= 15 is 0 Å². The molecule has 3 aromatic rings. The van der Waals surface area contributed by atoms with Gasteiger partial charge in [0.05, 0.1) is 11.6 Å². The van der Waals surface area contributed by atoms with Crippen LogP contribution in [0.25, 0.3) is 10.9 Å². The molecular weight excluding hydrogens is 322 g/mol. The van der Waals surface area contributed by atoms with Crippen molar-refractivity contribution in [2.75, 3.05) is 0 Å². The molecule has 0 aliphatic rings. The minimum Gasteiger partial charge on any atom is -0.387 e. The Hall–Kier alpha value is -1.23. The first kappa shape index (κ1) is 12.8. The summed E-state index contributed by atoms with van der Waals surface area (Å²) in [6, 6.07) is 14.0. The lowest BCUT2D eigenvalue weighted by Crippen LogP contribution is -2.02. The molecule has 0 saturated carbocycles. The van der Waals surface area contributed by atoms with Crippen molar-refractivity contribution in [2.45, 2.75) is 12.5 Å². The lowest BCUT2D eigenvalue weighted by molar-refractivity contribution is 0.180. The Balaban J connectivity index is 1.87. The topological polar surface area (TPSA) is 33.1 Å². The number of hydrogen-bond donors (Lipinski definition) is 1. The highest BCUT2D eigenvalue weighted by Crippen LogP contribution is 2.30. The summed E-state index contributed by atoms with van der Waals surface area (Å²) in [4.78, 5) is 5.54. The third-order valence-electron chi connectivity index (χ3n) is 3.01. The summed E-state index contributed by atoms with van der Waals surface area (Å²) >= 11 is 5.01. The van der Waals surface area contributed by atoms with E-state index in [1.165, 1.54) is 0 Å². The van der Waals surface area contributed by atoms with Gasteiger partial charge in [-0.15, -0.1) is 11.3 Å². The lowest BCUT2D eigenvalue weighted by atomic mass is 10.1. The van der Waals surface area contributed by atoms with E-state index in [0.717, 1.165) is 25.9 Å². The summed E-state index contributed by atoms with van der Waals surface area (Å²) in [5, 5.41) is 13.3. The SMILES string of the molecule is OC(Cc1ccc2ccccc2n1)c1sccc1Br. The maximum Gasteiger partial charge on any atom is 0.0948 e. The van der Waals surface area contributed by atoms with E-state index in [2.05, 4.69) is 20.9 Å². The Labute approximate surface area is 123 Å². The molecule has 0 aliphatic heterocycles. The first-order chi connectivity index (χ1) is 9.24. The Morgan fingerprint density at radius 1 is 1.16 bits per heavy atom. The van der Waals surface area contributed by atoms with Gasteiger partial charge in [-0.2, -0.15) is 0 Å². The first-order valence-electron chi connectivity index (χ1n) is 5.99. The summed E-state index contributed by atoms with van der Waals surface area (Å²) in [5.41, 5.74) is 1.88. The number of halogens is 1. The van der Waals surface area contributed by atoms with Gasteiger partial charge in [0.15, 0.2) is 0 Å². The minimum absolute atomic E-state index is 0.511. The standard InChI is InChI=1S/C15H12BrNOS/c16-12-7-8-19-15(12)14(18)9-11-6-5-10-3-1-2-4-13(10)17-11/h1-8,14,18H,9H2. The Kier molecular flexibility index (Phi) is 3.64. The van der Waals surface area contributed by atoms with Gasteiger partial charge < -0.3 is 5.11 Å². The van der Waals surface area contributed by atoms with Crippen molar-refractivity contribution in [3.63, 3.8) is 0 Å². The van der Waals surface area contributed by atoms with E-state index < -0.39 is 6.10 Å². The monoisotopic (exact) mass is 333 g/mol. The maximum absolute atomic E-state index is 10.3. The summed E-state index contributed by atoms with van der Waals surface area (Å²) < 4.78 is 0.964. The van der Waals surface area contributed by atoms with Crippen LogP contribution in [0.1, 0.15) is 16.7 Å². The van der Waals surface area contributed by atoms with E-state index in [-0.39, 0.29) is 0 Å². The zero-order valence-corrected chi connectivity index (χ0v) is 12.5. The molecule has 19 heavy (non-hydrogen) atoms. The molecule has 1 aromatic carbocycles. The van der Waals surface area contributed by atoms with Gasteiger partial charge in [-0.3, -0.25) is 4.98 Å². The molecule has 0 aliphatic carbocycles. The van der Waals surface area contributed by atoms with Gasteiger partial charge in [-0.25, -0.2) is 0 Å². The van der Waals surface area contributed by atoms with Crippen molar-refractivity contribution in [3.05, 3.63) is 62.9 Å². The van der Waals surface area contributed by atoms with Crippen LogP contribution in [-0.2, 0) is 6.42 Å². The highest BCUT2D eigenvalue weighted by Gasteiger charge is 2.14. The molecule has 0 fully saturated rings. The molecule has 2 aromatic heterocycles. The molecular formula is C15H12BrNOS. The van der Waals surface area contributed by atoms with Crippen LogP contribution in [-0.4, -0.2) is 10.1 Å².